The van der Waals surface area contributed by atoms with Gasteiger partial charge in [-0.25, -0.2) is 0 Å². The van der Waals surface area contributed by atoms with Crippen molar-refractivity contribution in [3.63, 3.8) is 0 Å². The first-order valence-electron chi connectivity index (χ1n) is 6.92. The lowest BCUT2D eigenvalue weighted by molar-refractivity contribution is 0.357. The van der Waals surface area contributed by atoms with Gasteiger partial charge in [0.15, 0.2) is 0 Å². The van der Waals surface area contributed by atoms with Gasteiger partial charge in [-0.3, -0.25) is 0 Å². The van der Waals surface area contributed by atoms with Crippen molar-refractivity contribution in [2.75, 3.05) is 19.7 Å². The summed E-state index contributed by atoms with van der Waals surface area (Å²) < 4.78 is 5.51. The van der Waals surface area contributed by atoms with Gasteiger partial charge in [0.25, 0.3) is 0 Å². The Balaban J connectivity index is 1.42. The van der Waals surface area contributed by atoms with Gasteiger partial charge in [0.2, 0.25) is 0 Å². The Labute approximate surface area is 114 Å². The Kier molecular flexibility index (Phi) is 3.76. The molecule has 0 amide bonds. The highest BCUT2D eigenvalue weighted by atomic mass is 35.5. The molecule has 1 aromatic carbocycles. The molecule has 1 N–H and O–H groups in total. The number of halogens is 1. The quantitative estimate of drug-likeness (QED) is 0.631. The number of rotatable bonds is 6. The topological polar surface area (TPSA) is 21.3 Å². The molecule has 98 valence electrons. The van der Waals surface area contributed by atoms with Crippen LogP contribution in [-0.2, 0) is 12.8 Å². The van der Waals surface area contributed by atoms with Gasteiger partial charge in [-0.2, -0.15) is 0 Å². The van der Waals surface area contributed by atoms with Crippen molar-refractivity contribution in [2.45, 2.75) is 31.1 Å². The second kappa shape index (κ2) is 5.50. The van der Waals surface area contributed by atoms with E-state index in [-0.39, 0.29) is 0 Å². The molecule has 0 spiro atoms. The molecule has 1 aromatic rings. The van der Waals surface area contributed by atoms with Gasteiger partial charge in [0, 0.05) is 18.3 Å². The third kappa shape index (κ3) is 2.99. The second-order valence-corrected chi connectivity index (χ2v) is 5.91. The Morgan fingerprint density at radius 3 is 3.11 bits per heavy atom. The van der Waals surface area contributed by atoms with E-state index in [1.54, 1.807) is 0 Å². The minimum atomic E-state index is 0.332. The van der Waals surface area contributed by atoms with Crippen LogP contribution in [0.15, 0.2) is 18.2 Å². The number of ether oxygens (including phenoxy) is 1. The summed E-state index contributed by atoms with van der Waals surface area (Å²) in [5.74, 6) is 1.84. The van der Waals surface area contributed by atoms with E-state index in [1.165, 1.54) is 24.0 Å². The Morgan fingerprint density at radius 1 is 1.39 bits per heavy atom. The predicted octanol–water partition coefficient (Wildman–Crippen LogP) is 2.77. The van der Waals surface area contributed by atoms with E-state index >= 15 is 0 Å². The highest BCUT2D eigenvalue weighted by Gasteiger charge is 2.28. The molecule has 0 aromatic heterocycles. The van der Waals surface area contributed by atoms with Gasteiger partial charge in [0.1, 0.15) is 5.75 Å². The summed E-state index contributed by atoms with van der Waals surface area (Å²) in [6, 6.07) is 6.56. The van der Waals surface area contributed by atoms with E-state index in [0.29, 0.717) is 5.38 Å². The van der Waals surface area contributed by atoms with Crippen LogP contribution in [0.5, 0.6) is 5.75 Å². The lowest BCUT2D eigenvalue weighted by Gasteiger charge is -2.10. The maximum Gasteiger partial charge on any atom is 0.122 e. The van der Waals surface area contributed by atoms with Crippen molar-refractivity contribution in [2.24, 2.45) is 5.92 Å². The minimum absolute atomic E-state index is 0.332. The number of benzene rings is 1. The molecule has 1 aliphatic heterocycles. The van der Waals surface area contributed by atoms with Gasteiger partial charge in [-0.05, 0) is 48.9 Å². The summed E-state index contributed by atoms with van der Waals surface area (Å²) in [5, 5.41) is 3.79. The fourth-order valence-electron chi connectivity index (χ4n) is 2.49. The van der Waals surface area contributed by atoms with Gasteiger partial charge < -0.3 is 10.1 Å². The molecule has 2 nitrogen and oxygen atoms in total. The van der Waals surface area contributed by atoms with Crippen LogP contribution in [0.2, 0.25) is 0 Å². The molecule has 1 fully saturated rings. The maximum absolute atomic E-state index is 6.26. The summed E-state index contributed by atoms with van der Waals surface area (Å²) in [5.41, 5.74) is 2.75. The molecule has 0 saturated heterocycles. The molecule has 1 saturated carbocycles. The molecule has 1 aliphatic carbocycles. The van der Waals surface area contributed by atoms with Gasteiger partial charge >= 0.3 is 0 Å². The third-order valence-corrected chi connectivity index (χ3v) is 4.33. The molecule has 1 unspecified atom stereocenters. The number of alkyl halides is 1. The molecular formula is C15H20ClNO. The van der Waals surface area contributed by atoms with Crippen LogP contribution in [0.1, 0.15) is 24.0 Å². The summed E-state index contributed by atoms with van der Waals surface area (Å²) in [6.07, 6.45) is 4.77. The predicted molar refractivity (Wildman–Crippen MR) is 74.6 cm³/mol. The first-order chi connectivity index (χ1) is 8.83. The van der Waals surface area contributed by atoms with E-state index < -0.39 is 0 Å². The lowest BCUT2D eigenvalue weighted by Crippen LogP contribution is -2.26. The normalized spacial score (nSPS) is 19.4. The van der Waals surface area contributed by atoms with E-state index in [2.05, 4.69) is 23.5 Å². The van der Waals surface area contributed by atoms with E-state index in [1.807, 2.05) is 0 Å². The van der Waals surface area contributed by atoms with Crippen molar-refractivity contribution in [1.82, 2.24) is 5.32 Å². The average molecular weight is 266 g/mol. The van der Waals surface area contributed by atoms with Crippen LogP contribution in [-0.4, -0.2) is 25.1 Å². The van der Waals surface area contributed by atoms with Crippen molar-refractivity contribution < 1.29 is 4.74 Å². The lowest BCUT2D eigenvalue weighted by atomic mass is 10.1. The third-order valence-electron chi connectivity index (χ3n) is 3.82. The largest absolute Gasteiger partial charge is 0.493 e. The van der Waals surface area contributed by atoms with Crippen LogP contribution in [0.25, 0.3) is 0 Å². The Morgan fingerprint density at radius 2 is 2.28 bits per heavy atom. The van der Waals surface area contributed by atoms with Gasteiger partial charge in [0.05, 0.1) is 6.61 Å². The molecule has 1 heterocycles. The molecule has 0 radical (unpaired) electrons. The standard InChI is InChI=1S/C15H20ClNO/c16-14(12-2-3-12)10-17-7-5-11-1-4-15-13(9-11)6-8-18-15/h1,4,9,12,14,17H,2-3,5-8,10H2. The minimum Gasteiger partial charge on any atom is -0.493 e. The number of hydrogen-bond donors (Lipinski definition) is 1. The van der Waals surface area contributed by atoms with Crippen LogP contribution >= 0.6 is 11.6 Å². The zero-order valence-electron chi connectivity index (χ0n) is 10.6. The SMILES string of the molecule is ClC(CNCCc1ccc2c(c1)CCO2)C1CC1. The zero-order chi connectivity index (χ0) is 12.4. The first kappa shape index (κ1) is 12.3. The van der Waals surface area contributed by atoms with E-state index in [4.69, 9.17) is 16.3 Å². The Hall–Kier alpha value is -0.730. The number of hydrogen-bond acceptors (Lipinski definition) is 2. The van der Waals surface area contributed by atoms with Crippen LogP contribution in [0.4, 0.5) is 0 Å². The van der Waals surface area contributed by atoms with Crippen molar-refractivity contribution in [1.29, 1.82) is 0 Å². The molecule has 3 rings (SSSR count). The summed E-state index contributed by atoms with van der Waals surface area (Å²) in [4.78, 5) is 0. The molecule has 3 heteroatoms. The molecule has 2 aliphatic rings. The van der Waals surface area contributed by atoms with Gasteiger partial charge in [-0.15, -0.1) is 11.6 Å². The van der Waals surface area contributed by atoms with Crippen LogP contribution in [0.3, 0.4) is 0 Å². The Bertz CT molecular complexity index is 417. The first-order valence-corrected chi connectivity index (χ1v) is 7.36. The highest BCUT2D eigenvalue weighted by molar-refractivity contribution is 6.21. The average Bonchev–Trinajstić information content (AvgIpc) is 3.13. The smallest absolute Gasteiger partial charge is 0.122 e. The maximum atomic E-state index is 6.26. The zero-order valence-corrected chi connectivity index (χ0v) is 11.4. The second-order valence-electron chi connectivity index (χ2n) is 5.35. The van der Waals surface area contributed by atoms with Crippen LogP contribution in [0, 0.1) is 5.92 Å². The molecule has 0 bridgehead atoms. The van der Waals surface area contributed by atoms with Crippen molar-refractivity contribution in [3.8, 4) is 5.75 Å². The van der Waals surface area contributed by atoms with Gasteiger partial charge in [-0.1, -0.05) is 12.1 Å². The van der Waals surface area contributed by atoms with Crippen molar-refractivity contribution in [3.05, 3.63) is 29.3 Å². The molecule has 1 atom stereocenters. The van der Waals surface area contributed by atoms with E-state index in [0.717, 1.165) is 44.2 Å². The summed E-state index contributed by atoms with van der Waals surface area (Å²) in [7, 11) is 0. The highest BCUT2D eigenvalue weighted by Crippen LogP contribution is 2.35. The van der Waals surface area contributed by atoms with E-state index in [9.17, 15) is 0 Å². The number of nitrogens with one attached hydrogen (secondary N) is 1. The monoisotopic (exact) mass is 265 g/mol. The van der Waals surface area contributed by atoms with Crippen molar-refractivity contribution >= 4 is 11.6 Å². The fraction of sp³-hybridized carbons (Fsp3) is 0.600. The fourth-order valence-corrected chi connectivity index (χ4v) is 2.85. The number of fused-ring (bicyclic) bond motifs is 1. The summed E-state index contributed by atoms with van der Waals surface area (Å²) in [6.45, 7) is 2.79. The molecular weight excluding hydrogens is 246 g/mol. The molecule has 18 heavy (non-hydrogen) atoms. The summed E-state index contributed by atoms with van der Waals surface area (Å²) >= 11 is 6.26. The van der Waals surface area contributed by atoms with Crippen LogP contribution < -0.4 is 10.1 Å².